The van der Waals surface area contributed by atoms with Crippen molar-refractivity contribution in [2.75, 3.05) is 20.1 Å². The van der Waals surface area contributed by atoms with Crippen molar-refractivity contribution < 1.29 is 4.74 Å². The van der Waals surface area contributed by atoms with Gasteiger partial charge in [-0.05, 0) is 20.9 Å². The smallest absolute Gasteiger partial charge is 0.0678 e. The van der Waals surface area contributed by atoms with Gasteiger partial charge in [-0.15, -0.1) is 0 Å². The maximum atomic E-state index is 5.51. The first kappa shape index (κ1) is 9.92. The number of ether oxygens (including phenoxy) is 1. The quantitative estimate of drug-likeness (QED) is 0.510. The van der Waals surface area contributed by atoms with E-state index in [-0.39, 0.29) is 7.43 Å². The van der Waals surface area contributed by atoms with Crippen LogP contribution in [0.15, 0.2) is 0 Å². The maximum absolute atomic E-state index is 5.51. The summed E-state index contributed by atoms with van der Waals surface area (Å²) in [5.41, 5.74) is 0. The monoisotopic (exact) mass is 145 g/mol. The molecule has 0 bridgehead atoms. The van der Waals surface area contributed by atoms with Gasteiger partial charge in [0.15, 0.2) is 0 Å². The van der Waals surface area contributed by atoms with Crippen LogP contribution < -0.4 is 0 Å². The molecule has 1 fully saturated rings. The fourth-order valence-electron chi connectivity index (χ4n) is 1.44. The van der Waals surface area contributed by atoms with Crippen LogP contribution in [0.3, 0.4) is 0 Å². The van der Waals surface area contributed by atoms with Crippen LogP contribution in [0.2, 0.25) is 0 Å². The molecular weight excluding hydrogens is 126 g/mol. The highest BCUT2D eigenvalue weighted by atomic mass is 16.5. The first-order valence-corrected chi connectivity index (χ1v) is 3.52. The van der Waals surface area contributed by atoms with Crippen LogP contribution >= 0.6 is 0 Å². The van der Waals surface area contributed by atoms with Crippen LogP contribution in [0.5, 0.6) is 0 Å². The molecule has 1 aliphatic rings. The minimum absolute atomic E-state index is 0. The van der Waals surface area contributed by atoms with E-state index in [9.17, 15) is 0 Å². The van der Waals surface area contributed by atoms with Crippen LogP contribution in [0.25, 0.3) is 0 Å². The van der Waals surface area contributed by atoms with E-state index >= 15 is 0 Å². The van der Waals surface area contributed by atoms with E-state index in [2.05, 4.69) is 25.8 Å². The van der Waals surface area contributed by atoms with Crippen LogP contribution in [-0.4, -0.2) is 37.2 Å². The molecule has 1 aliphatic heterocycles. The summed E-state index contributed by atoms with van der Waals surface area (Å²) >= 11 is 0. The second-order valence-corrected chi connectivity index (χ2v) is 2.98. The lowest BCUT2D eigenvalue weighted by atomic mass is 10.2. The average Bonchev–Trinajstić information content (AvgIpc) is 1.59. The van der Waals surface area contributed by atoms with Gasteiger partial charge < -0.3 is 9.64 Å². The number of hydrogen-bond donors (Lipinski definition) is 0. The van der Waals surface area contributed by atoms with Crippen molar-refractivity contribution in [1.82, 2.24) is 4.90 Å². The number of likely N-dealkylation sites (N-methyl/N-ethyl adjacent to an activating group) is 1. The summed E-state index contributed by atoms with van der Waals surface area (Å²) in [6.45, 7) is 6.38. The van der Waals surface area contributed by atoms with Crippen molar-refractivity contribution in [3.05, 3.63) is 0 Å². The Labute approximate surface area is 64.2 Å². The van der Waals surface area contributed by atoms with Crippen molar-refractivity contribution in [3.63, 3.8) is 0 Å². The topological polar surface area (TPSA) is 12.5 Å². The largest absolute Gasteiger partial charge is 0.373 e. The number of nitrogens with zero attached hydrogens (tertiary/aromatic N) is 1. The number of rotatable bonds is 0. The zero-order chi connectivity index (χ0) is 6.85. The normalized spacial score (nSPS) is 35.1. The Kier molecular flexibility index (Phi) is 3.91. The van der Waals surface area contributed by atoms with Crippen LogP contribution in [-0.2, 0) is 4.74 Å². The lowest BCUT2D eigenvalue weighted by molar-refractivity contribution is -0.0602. The molecule has 0 aromatic heterocycles. The molecule has 0 spiro atoms. The van der Waals surface area contributed by atoms with E-state index in [4.69, 9.17) is 4.74 Å². The molecule has 2 heteroatoms. The molecule has 0 N–H and O–H groups in total. The molecule has 1 saturated heterocycles. The Morgan fingerprint density at radius 1 is 1.20 bits per heavy atom. The second-order valence-electron chi connectivity index (χ2n) is 2.98. The summed E-state index contributed by atoms with van der Waals surface area (Å²) in [6.07, 6.45) is 0.831. The second kappa shape index (κ2) is 3.94. The molecule has 1 rings (SSSR count). The molecule has 0 saturated carbocycles. The third-order valence-electron chi connectivity index (χ3n) is 1.60. The molecule has 0 amide bonds. The Morgan fingerprint density at radius 2 is 1.60 bits per heavy atom. The van der Waals surface area contributed by atoms with Gasteiger partial charge in [-0.2, -0.15) is 0 Å². The molecule has 62 valence electrons. The minimum Gasteiger partial charge on any atom is -0.373 e. The standard InChI is InChI=1S/C7H15NO.CH4/c1-6-4-8(3)5-7(2)9-6;/h6-7H,4-5H2,1-3H3;1H4/t6-,7+;. The van der Waals surface area contributed by atoms with Crippen LogP contribution in [0, 0.1) is 0 Å². The van der Waals surface area contributed by atoms with Gasteiger partial charge >= 0.3 is 0 Å². The van der Waals surface area contributed by atoms with E-state index in [1.165, 1.54) is 0 Å². The van der Waals surface area contributed by atoms with Gasteiger partial charge in [-0.3, -0.25) is 0 Å². The lowest BCUT2D eigenvalue weighted by Crippen LogP contribution is -2.42. The van der Waals surface area contributed by atoms with Gasteiger partial charge in [0.25, 0.3) is 0 Å². The summed E-state index contributed by atoms with van der Waals surface area (Å²) in [7, 11) is 2.13. The van der Waals surface area contributed by atoms with Crippen LogP contribution in [0.4, 0.5) is 0 Å². The molecule has 0 radical (unpaired) electrons. The SMILES string of the molecule is C.C[C@@H]1CN(C)C[C@H](C)O1. The molecular formula is C8H19NO. The number of morpholine rings is 1. The van der Waals surface area contributed by atoms with Crippen molar-refractivity contribution in [2.24, 2.45) is 0 Å². The fraction of sp³-hybridized carbons (Fsp3) is 1.00. The van der Waals surface area contributed by atoms with Gasteiger partial charge in [0.2, 0.25) is 0 Å². The zero-order valence-corrected chi connectivity index (χ0v) is 6.42. The molecule has 10 heavy (non-hydrogen) atoms. The summed E-state index contributed by atoms with van der Waals surface area (Å²) < 4.78 is 5.51. The van der Waals surface area contributed by atoms with Crippen LogP contribution in [0.1, 0.15) is 21.3 Å². The van der Waals surface area contributed by atoms with E-state index in [1.807, 2.05) is 0 Å². The predicted octanol–water partition coefficient (Wildman–Crippen LogP) is 1.36. The van der Waals surface area contributed by atoms with Crippen molar-refractivity contribution in [2.45, 2.75) is 33.5 Å². The summed E-state index contributed by atoms with van der Waals surface area (Å²) in [4.78, 5) is 2.30. The Balaban J connectivity index is 0.000000810. The van der Waals surface area contributed by atoms with E-state index in [1.54, 1.807) is 0 Å². The zero-order valence-electron chi connectivity index (χ0n) is 6.42. The third kappa shape index (κ3) is 2.67. The molecule has 2 atom stereocenters. The molecule has 1 heterocycles. The fourth-order valence-corrected chi connectivity index (χ4v) is 1.44. The highest BCUT2D eigenvalue weighted by Crippen LogP contribution is 2.07. The Morgan fingerprint density at radius 3 is 1.90 bits per heavy atom. The average molecular weight is 145 g/mol. The first-order chi connectivity index (χ1) is 4.18. The highest BCUT2D eigenvalue weighted by Gasteiger charge is 2.18. The van der Waals surface area contributed by atoms with E-state index in [0.717, 1.165) is 13.1 Å². The maximum Gasteiger partial charge on any atom is 0.0678 e. The summed E-state index contributed by atoms with van der Waals surface area (Å²) in [5.74, 6) is 0. The van der Waals surface area contributed by atoms with Gasteiger partial charge in [0.1, 0.15) is 0 Å². The van der Waals surface area contributed by atoms with E-state index in [0.29, 0.717) is 12.2 Å². The molecule has 0 aliphatic carbocycles. The third-order valence-corrected chi connectivity index (χ3v) is 1.60. The van der Waals surface area contributed by atoms with Gasteiger partial charge in [-0.25, -0.2) is 0 Å². The molecule has 2 nitrogen and oxygen atoms in total. The molecule has 0 aromatic rings. The summed E-state index contributed by atoms with van der Waals surface area (Å²) in [6, 6.07) is 0. The lowest BCUT2D eigenvalue weighted by Gasteiger charge is -2.32. The highest BCUT2D eigenvalue weighted by molar-refractivity contribution is 4.69. The minimum atomic E-state index is 0. The van der Waals surface area contributed by atoms with E-state index < -0.39 is 0 Å². The Bertz CT molecular complexity index is 70.2. The molecule has 0 unspecified atom stereocenters. The summed E-state index contributed by atoms with van der Waals surface area (Å²) in [5, 5.41) is 0. The van der Waals surface area contributed by atoms with Crippen molar-refractivity contribution in [3.8, 4) is 0 Å². The number of hydrogen-bond acceptors (Lipinski definition) is 2. The molecule has 0 aromatic carbocycles. The van der Waals surface area contributed by atoms with Gasteiger partial charge in [0, 0.05) is 13.1 Å². The first-order valence-electron chi connectivity index (χ1n) is 3.52. The van der Waals surface area contributed by atoms with Crippen molar-refractivity contribution >= 4 is 0 Å². The van der Waals surface area contributed by atoms with Gasteiger partial charge in [-0.1, -0.05) is 7.43 Å². The van der Waals surface area contributed by atoms with Crippen molar-refractivity contribution in [1.29, 1.82) is 0 Å². The Hall–Kier alpha value is -0.0800. The van der Waals surface area contributed by atoms with Gasteiger partial charge in [0.05, 0.1) is 12.2 Å². The predicted molar refractivity (Wildman–Crippen MR) is 44.2 cm³/mol.